The van der Waals surface area contributed by atoms with Gasteiger partial charge in [-0.05, 0) is 37.8 Å². The van der Waals surface area contributed by atoms with E-state index >= 15 is 0 Å². The molecular formula is C19H20N4OS. The van der Waals surface area contributed by atoms with Gasteiger partial charge in [-0.15, -0.1) is 11.3 Å². The summed E-state index contributed by atoms with van der Waals surface area (Å²) in [7, 11) is 0. The van der Waals surface area contributed by atoms with Crippen molar-refractivity contribution in [2.45, 2.75) is 37.7 Å². The molecule has 6 heterocycles. The normalized spacial score (nSPS) is 22.2. The summed E-state index contributed by atoms with van der Waals surface area (Å²) in [6.45, 7) is 2.94. The van der Waals surface area contributed by atoms with Gasteiger partial charge in [0.05, 0.1) is 17.5 Å². The molecule has 0 amide bonds. The number of pyridine rings is 1. The average Bonchev–Trinajstić information content (AvgIpc) is 3.33. The van der Waals surface area contributed by atoms with Gasteiger partial charge in [0.2, 0.25) is 0 Å². The van der Waals surface area contributed by atoms with E-state index in [9.17, 15) is 5.26 Å². The highest BCUT2D eigenvalue weighted by atomic mass is 32.1. The zero-order valence-corrected chi connectivity index (χ0v) is 14.8. The molecule has 1 atom stereocenters. The van der Waals surface area contributed by atoms with E-state index in [1.165, 1.54) is 4.88 Å². The van der Waals surface area contributed by atoms with Crippen molar-refractivity contribution in [3.63, 3.8) is 0 Å². The number of nitrogens with two attached hydrogens (primary N) is 1. The fourth-order valence-corrected chi connectivity index (χ4v) is 5.55. The van der Waals surface area contributed by atoms with Crippen molar-refractivity contribution in [2.75, 3.05) is 30.3 Å². The Morgan fingerprint density at radius 2 is 2.12 bits per heavy atom. The Hall–Kier alpha value is -2.10. The van der Waals surface area contributed by atoms with E-state index in [1.54, 1.807) is 11.3 Å². The summed E-state index contributed by atoms with van der Waals surface area (Å²) >= 11 is 1.74. The molecule has 6 heteroatoms. The molecule has 6 rings (SSSR count). The van der Waals surface area contributed by atoms with E-state index in [1.807, 2.05) is 0 Å². The Kier molecular flexibility index (Phi) is 3.47. The van der Waals surface area contributed by atoms with Crippen LogP contribution in [-0.4, -0.2) is 24.7 Å². The van der Waals surface area contributed by atoms with Crippen LogP contribution in [0.4, 0.5) is 11.5 Å². The molecular weight excluding hydrogens is 332 g/mol. The van der Waals surface area contributed by atoms with Gasteiger partial charge in [0.25, 0.3) is 0 Å². The quantitative estimate of drug-likeness (QED) is 0.889. The molecule has 4 aliphatic rings. The Morgan fingerprint density at radius 1 is 1.28 bits per heavy atom. The third-order valence-electron chi connectivity index (χ3n) is 5.66. The number of aromatic nitrogens is 1. The molecule has 2 saturated heterocycles. The van der Waals surface area contributed by atoms with Crippen LogP contribution in [0.1, 0.15) is 53.8 Å². The van der Waals surface area contributed by atoms with Crippen molar-refractivity contribution >= 4 is 22.8 Å². The second-order valence-electron chi connectivity index (χ2n) is 7.06. The molecule has 2 N–H and O–H groups in total. The molecule has 0 radical (unpaired) electrons. The SMILES string of the molecule is N#Cc1c(N)nc2c(c1-c1ccc([C@H]3CCCO3)s1)N1CCC2CC1. The van der Waals surface area contributed by atoms with Gasteiger partial charge in [0, 0.05) is 40.9 Å². The Morgan fingerprint density at radius 3 is 2.84 bits per heavy atom. The number of anilines is 2. The highest BCUT2D eigenvalue weighted by molar-refractivity contribution is 7.15. The monoisotopic (exact) mass is 352 g/mol. The van der Waals surface area contributed by atoms with Crippen LogP contribution in [0.5, 0.6) is 0 Å². The van der Waals surface area contributed by atoms with E-state index in [2.05, 4.69) is 28.1 Å². The fourth-order valence-electron chi connectivity index (χ4n) is 4.41. The standard InChI is InChI=1S/C19H20N4OS/c20-10-12-16(15-4-3-14(25-15)13-2-1-9-24-13)18-17(22-19(12)21)11-5-7-23(18)8-6-11/h3-4,11,13H,1-2,5-9H2,(H2,21,22)/t13-/m1/s1. The molecule has 2 fully saturated rings. The van der Waals surface area contributed by atoms with Gasteiger partial charge < -0.3 is 15.4 Å². The third kappa shape index (κ3) is 2.26. The van der Waals surface area contributed by atoms with Crippen LogP contribution < -0.4 is 10.6 Å². The Labute approximate surface area is 151 Å². The summed E-state index contributed by atoms with van der Waals surface area (Å²) in [5, 5.41) is 9.74. The van der Waals surface area contributed by atoms with E-state index in [-0.39, 0.29) is 6.10 Å². The molecule has 2 bridgehead atoms. The lowest BCUT2D eigenvalue weighted by atomic mass is 9.84. The number of thiophene rings is 1. The van der Waals surface area contributed by atoms with Gasteiger partial charge in [0.15, 0.2) is 0 Å². The summed E-state index contributed by atoms with van der Waals surface area (Å²) in [5.41, 5.74) is 9.93. The maximum Gasteiger partial charge on any atom is 0.142 e. The number of nitrogens with zero attached hydrogens (tertiary/aromatic N) is 3. The van der Waals surface area contributed by atoms with Crippen LogP contribution in [0.2, 0.25) is 0 Å². The average molecular weight is 352 g/mol. The lowest BCUT2D eigenvalue weighted by Crippen LogP contribution is -2.40. The zero-order chi connectivity index (χ0) is 17.0. The number of rotatable bonds is 2. The summed E-state index contributed by atoms with van der Waals surface area (Å²) in [6, 6.07) is 6.59. The number of ether oxygens (including phenoxy) is 1. The summed E-state index contributed by atoms with van der Waals surface area (Å²) < 4.78 is 5.83. The van der Waals surface area contributed by atoms with Crippen molar-refractivity contribution in [1.82, 2.24) is 4.98 Å². The van der Waals surface area contributed by atoms with Crippen LogP contribution in [0.25, 0.3) is 10.4 Å². The van der Waals surface area contributed by atoms with E-state index in [0.717, 1.165) is 67.2 Å². The second kappa shape index (κ2) is 5.72. The smallest absolute Gasteiger partial charge is 0.142 e. The number of nitrogen functional groups attached to an aromatic ring is 1. The Bertz CT molecular complexity index is 870. The van der Waals surface area contributed by atoms with Crippen LogP contribution >= 0.6 is 11.3 Å². The first-order chi connectivity index (χ1) is 12.3. The zero-order valence-electron chi connectivity index (χ0n) is 14.0. The molecule has 0 unspecified atom stereocenters. The number of fused-ring (bicyclic) bond motifs is 2. The summed E-state index contributed by atoms with van der Waals surface area (Å²) in [4.78, 5) is 9.38. The first kappa shape index (κ1) is 15.2. The van der Waals surface area contributed by atoms with E-state index in [4.69, 9.17) is 10.5 Å². The van der Waals surface area contributed by atoms with Crippen LogP contribution in [0.3, 0.4) is 0 Å². The highest BCUT2D eigenvalue weighted by Crippen LogP contribution is 2.50. The van der Waals surface area contributed by atoms with Gasteiger partial charge in [0.1, 0.15) is 17.5 Å². The molecule has 0 saturated carbocycles. The number of hydrogen-bond acceptors (Lipinski definition) is 6. The predicted octanol–water partition coefficient (Wildman–Crippen LogP) is 3.81. The van der Waals surface area contributed by atoms with Gasteiger partial charge in [-0.3, -0.25) is 0 Å². The molecule has 2 aromatic rings. The first-order valence-electron chi connectivity index (χ1n) is 8.96. The maximum atomic E-state index is 9.74. The highest BCUT2D eigenvalue weighted by Gasteiger charge is 2.36. The largest absolute Gasteiger partial charge is 0.383 e. The fraction of sp³-hybridized carbons (Fsp3) is 0.474. The number of nitriles is 1. The summed E-state index contributed by atoms with van der Waals surface area (Å²) in [6.07, 6.45) is 4.67. The molecule has 0 aliphatic carbocycles. The lowest BCUT2D eigenvalue weighted by molar-refractivity contribution is 0.114. The minimum atomic E-state index is 0.205. The number of piperidine rings is 1. The molecule has 128 valence electrons. The molecule has 0 spiro atoms. The third-order valence-corrected chi connectivity index (χ3v) is 6.85. The van der Waals surface area contributed by atoms with Crippen molar-refractivity contribution in [1.29, 1.82) is 5.26 Å². The molecule has 2 aromatic heterocycles. The van der Waals surface area contributed by atoms with Gasteiger partial charge in [-0.1, -0.05) is 0 Å². The minimum Gasteiger partial charge on any atom is -0.383 e. The van der Waals surface area contributed by atoms with Crippen LogP contribution in [0, 0.1) is 11.3 Å². The Balaban J connectivity index is 1.69. The second-order valence-corrected chi connectivity index (χ2v) is 8.17. The van der Waals surface area contributed by atoms with Gasteiger partial charge >= 0.3 is 0 Å². The van der Waals surface area contributed by atoms with Crippen molar-refractivity contribution in [2.24, 2.45) is 0 Å². The predicted molar refractivity (Wildman–Crippen MR) is 98.8 cm³/mol. The summed E-state index contributed by atoms with van der Waals surface area (Å²) in [5.74, 6) is 0.850. The van der Waals surface area contributed by atoms with Crippen molar-refractivity contribution in [3.05, 3.63) is 28.3 Å². The van der Waals surface area contributed by atoms with Gasteiger partial charge in [-0.2, -0.15) is 5.26 Å². The van der Waals surface area contributed by atoms with Crippen molar-refractivity contribution in [3.8, 4) is 16.5 Å². The minimum absolute atomic E-state index is 0.205. The van der Waals surface area contributed by atoms with E-state index in [0.29, 0.717) is 17.3 Å². The topological polar surface area (TPSA) is 75.2 Å². The van der Waals surface area contributed by atoms with Gasteiger partial charge in [-0.25, -0.2) is 4.98 Å². The van der Waals surface area contributed by atoms with Crippen molar-refractivity contribution < 1.29 is 4.74 Å². The molecule has 0 aromatic carbocycles. The maximum absolute atomic E-state index is 9.74. The lowest BCUT2D eigenvalue weighted by Gasteiger charge is -2.42. The number of hydrogen-bond donors (Lipinski definition) is 1. The van der Waals surface area contributed by atoms with Crippen LogP contribution in [0.15, 0.2) is 12.1 Å². The molecule has 25 heavy (non-hydrogen) atoms. The molecule has 4 aliphatic heterocycles. The van der Waals surface area contributed by atoms with E-state index < -0.39 is 0 Å². The molecule has 5 nitrogen and oxygen atoms in total. The van der Waals surface area contributed by atoms with Crippen LogP contribution in [-0.2, 0) is 4.74 Å². The first-order valence-corrected chi connectivity index (χ1v) is 9.78.